The fraction of sp³-hybridized carbons (Fsp3) is 0.200. The van der Waals surface area contributed by atoms with Crippen molar-refractivity contribution in [2.75, 3.05) is 11.9 Å². The highest BCUT2D eigenvalue weighted by Gasteiger charge is 2.47. The fourth-order valence-corrected chi connectivity index (χ4v) is 2.93. The molecule has 3 nitrogen and oxygen atoms in total. The molecule has 0 spiro atoms. The number of aliphatic hydroxyl groups is 1. The minimum absolute atomic E-state index is 0.0667. The number of fused-ring (bicyclic) bond motifs is 1. The highest BCUT2D eigenvalue weighted by molar-refractivity contribution is 6.30. The lowest BCUT2D eigenvalue weighted by Gasteiger charge is -2.27. The Bertz CT molecular complexity index is 748. The van der Waals surface area contributed by atoms with Crippen molar-refractivity contribution in [3.8, 4) is 5.75 Å². The number of phenols is 1. The Morgan fingerprint density at radius 3 is 2.59 bits per heavy atom. The molecule has 3 rings (SSSR count). The topological polar surface area (TPSA) is 52.5 Å². The minimum Gasteiger partial charge on any atom is -0.508 e. The van der Waals surface area contributed by atoms with Crippen molar-refractivity contribution in [3.05, 3.63) is 58.1 Å². The Kier molecular flexibility index (Phi) is 3.27. The Morgan fingerprint density at radius 1 is 1.18 bits per heavy atom. The van der Waals surface area contributed by atoms with Crippen LogP contribution in [0.1, 0.15) is 16.7 Å². The number of phenolic OH excluding ortho intramolecular Hbond substituents is 1. The molecule has 0 saturated heterocycles. The summed E-state index contributed by atoms with van der Waals surface area (Å²) in [4.78, 5) is 0. The molecule has 22 heavy (non-hydrogen) atoms. The molecule has 1 atom stereocenters. The molecule has 1 unspecified atom stereocenters. The summed E-state index contributed by atoms with van der Waals surface area (Å²) in [6.07, 6.45) is -4.63. The number of hydrogen-bond acceptors (Lipinski definition) is 3. The Labute approximate surface area is 129 Å². The summed E-state index contributed by atoms with van der Waals surface area (Å²) >= 11 is 5.85. The van der Waals surface area contributed by atoms with Gasteiger partial charge < -0.3 is 15.5 Å². The number of nitrogens with one attached hydrogen (secondary N) is 1. The van der Waals surface area contributed by atoms with Crippen LogP contribution in [-0.4, -0.2) is 16.8 Å². The van der Waals surface area contributed by atoms with Crippen LogP contribution in [0.15, 0.2) is 36.4 Å². The highest BCUT2D eigenvalue weighted by Crippen LogP contribution is 2.48. The van der Waals surface area contributed by atoms with Gasteiger partial charge in [0.25, 0.3) is 0 Å². The second-order valence-electron chi connectivity index (χ2n) is 5.10. The van der Waals surface area contributed by atoms with E-state index in [4.69, 9.17) is 11.6 Å². The van der Waals surface area contributed by atoms with Gasteiger partial charge in [-0.3, -0.25) is 0 Å². The van der Waals surface area contributed by atoms with Crippen molar-refractivity contribution >= 4 is 17.3 Å². The van der Waals surface area contributed by atoms with E-state index in [0.29, 0.717) is 0 Å². The van der Waals surface area contributed by atoms with Crippen molar-refractivity contribution in [1.29, 1.82) is 0 Å². The fourth-order valence-electron chi connectivity index (χ4n) is 2.76. The predicted octanol–water partition coefficient (Wildman–Crippen LogP) is 3.73. The predicted molar refractivity (Wildman–Crippen MR) is 76.0 cm³/mol. The molecule has 0 aliphatic carbocycles. The molecular weight excluding hydrogens is 319 g/mol. The molecule has 0 aromatic heterocycles. The maximum absolute atomic E-state index is 13.3. The molecule has 1 aliphatic heterocycles. The van der Waals surface area contributed by atoms with Crippen LogP contribution in [0.25, 0.3) is 0 Å². The Morgan fingerprint density at radius 2 is 1.91 bits per heavy atom. The second-order valence-corrected chi connectivity index (χ2v) is 5.54. The molecule has 1 aliphatic rings. The van der Waals surface area contributed by atoms with E-state index < -0.39 is 17.3 Å². The zero-order chi connectivity index (χ0) is 16.1. The summed E-state index contributed by atoms with van der Waals surface area (Å²) in [5.74, 6) is -0.321. The van der Waals surface area contributed by atoms with Crippen LogP contribution in [0.5, 0.6) is 5.75 Å². The van der Waals surface area contributed by atoms with Crippen LogP contribution in [-0.2, 0) is 11.8 Å². The number of rotatable bonds is 1. The van der Waals surface area contributed by atoms with Gasteiger partial charge in [-0.1, -0.05) is 17.7 Å². The van der Waals surface area contributed by atoms with Crippen LogP contribution in [0, 0.1) is 0 Å². The average molecular weight is 330 g/mol. The van der Waals surface area contributed by atoms with E-state index in [2.05, 4.69) is 5.32 Å². The van der Waals surface area contributed by atoms with Gasteiger partial charge in [0.15, 0.2) is 0 Å². The van der Waals surface area contributed by atoms with Crippen molar-refractivity contribution in [1.82, 2.24) is 0 Å². The quantitative estimate of drug-likeness (QED) is 0.747. The second kappa shape index (κ2) is 4.79. The van der Waals surface area contributed by atoms with Gasteiger partial charge in [-0.2, -0.15) is 13.2 Å². The minimum atomic E-state index is -4.63. The van der Waals surface area contributed by atoms with Gasteiger partial charge in [-0.15, -0.1) is 0 Å². The van der Waals surface area contributed by atoms with Gasteiger partial charge in [-0.05, 0) is 30.3 Å². The number of β-amino-alcohol motifs (C(OH)–C–C–N with tert-alkyl or cyclic N) is 1. The van der Waals surface area contributed by atoms with E-state index in [1.807, 2.05) is 0 Å². The SMILES string of the molecule is Oc1ccc(Cl)cc1C1(O)CNc2cccc(C(F)(F)F)c21. The van der Waals surface area contributed by atoms with Gasteiger partial charge in [0.1, 0.15) is 11.4 Å². The molecule has 0 bridgehead atoms. The first kappa shape index (κ1) is 15.0. The van der Waals surface area contributed by atoms with Crippen molar-refractivity contribution in [2.45, 2.75) is 11.8 Å². The highest BCUT2D eigenvalue weighted by atomic mass is 35.5. The van der Waals surface area contributed by atoms with E-state index in [9.17, 15) is 23.4 Å². The zero-order valence-corrected chi connectivity index (χ0v) is 11.8. The van der Waals surface area contributed by atoms with E-state index in [-0.39, 0.29) is 34.1 Å². The van der Waals surface area contributed by atoms with E-state index in [1.54, 1.807) is 0 Å². The molecule has 7 heteroatoms. The normalized spacial score (nSPS) is 20.6. The third-order valence-corrected chi connectivity index (χ3v) is 3.96. The number of halogens is 4. The first-order valence-corrected chi connectivity index (χ1v) is 6.77. The summed E-state index contributed by atoms with van der Waals surface area (Å²) in [6, 6.07) is 7.51. The maximum atomic E-state index is 13.3. The van der Waals surface area contributed by atoms with Crippen LogP contribution >= 0.6 is 11.6 Å². The number of alkyl halides is 3. The standard InChI is InChI=1S/C15H11ClF3NO2/c16-8-4-5-12(21)10(6-8)14(22)7-20-11-3-1-2-9(13(11)14)15(17,18)19/h1-6,20-22H,7H2. The van der Waals surface area contributed by atoms with Crippen molar-refractivity contribution < 1.29 is 23.4 Å². The maximum Gasteiger partial charge on any atom is 0.416 e. The monoisotopic (exact) mass is 329 g/mol. The number of hydrogen-bond donors (Lipinski definition) is 3. The smallest absolute Gasteiger partial charge is 0.416 e. The van der Waals surface area contributed by atoms with Crippen LogP contribution in [0.4, 0.5) is 18.9 Å². The van der Waals surface area contributed by atoms with Crippen molar-refractivity contribution in [2.24, 2.45) is 0 Å². The number of anilines is 1. The molecule has 116 valence electrons. The summed E-state index contributed by atoms with van der Waals surface area (Å²) in [7, 11) is 0. The third-order valence-electron chi connectivity index (χ3n) is 3.72. The Hall–Kier alpha value is -1.92. The largest absolute Gasteiger partial charge is 0.508 e. The molecule has 1 heterocycles. The molecule has 0 saturated carbocycles. The van der Waals surface area contributed by atoms with Gasteiger partial charge >= 0.3 is 6.18 Å². The van der Waals surface area contributed by atoms with E-state index in [1.165, 1.54) is 30.3 Å². The van der Waals surface area contributed by atoms with Crippen LogP contribution in [0.2, 0.25) is 5.02 Å². The summed E-state index contributed by atoms with van der Waals surface area (Å²) in [6.45, 7) is -0.191. The van der Waals surface area contributed by atoms with E-state index in [0.717, 1.165) is 6.07 Å². The van der Waals surface area contributed by atoms with Gasteiger partial charge in [0, 0.05) is 21.8 Å². The van der Waals surface area contributed by atoms with Gasteiger partial charge in [0.05, 0.1) is 12.1 Å². The number of aromatic hydroxyl groups is 1. The molecule has 0 amide bonds. The lowest BCUT2D eigenvalue weighted by Crippen LogP contribution is -2.31. The molecule has 0 radical (unpaired) electrons. The van der Waals surface area contributed by atoms with E-state index >= 15 is 0 Å². The Balaban J connectivity index is 2.28. The lowest BCUT2D eigenvalue weighted by atomic mass is 9.84. The summed E-state index contributed by atoms with van der Waals surface area (Å²) in [5.41, 5.74) is -3.16. The summed E-state index contributed by atoms with van der Waals surface area (Å²) < 4.78 is 39.8. The van der Waals surface area contributed by atoms with Gasteiger partial charge in [0.2, 0.25) is 0 Å². The summed E-state index contributed by atoms with van der Waals surface area (Å²) in [5, 5.41) is 23.8. The lowest BCUT2D eigenvalue weighted by molar-refractivity contribution is -0.139. The molecule has 2 aromatic carbocycles. The van der Waals surface area contributed by atoms with Gasteiger partial charge in [-0.25, -0.2) is 0 Å². The number of benzene rings is 2. The third kappa shape index (κ3) is 2.19. The molecule has 3 N–H and O–H groups in total. The zero-order valence-electron chi connectivity index (χ0n) is 11.1. The molecule has 2 aromatic rings. The first-order valence-electron chi connectivity index (χ1n) is 6.39. The molecule has 0 fully saturated rings. The van der Waals surface area contributed by atoms with Crippen LogP contribution < -0.4 is 5.32 Å². The first-order chi connectivity index (χ1) is 10.2. The van der Waals surface area contributed by atoms with Crippen LogP contribution in [0.3, 0.4) is 0 Å². The van der Waals surface area contributed by atoms with Crippen molar-refractivity contribution in [3.63, 3.8) is 0 Å². The average Bonchev–Trinajstić information content (AvgIpc) is 2.79. The molecular formula is C15H11ClF3NO2.